The van der Waals surface area contributed by atoms with Crippen molar-refractivity contribution in [3.05, 3.63) is 0 Å². The maximum atomic E-state index is 10.7. The second kappa shape index (κ2) is 3.54. The minimum atomic E-state index is -0.759. The second-order valence-electron chi connectivity index (χ2n) is 3.91. The van der Waals surface area contributed by atoms with Crippen LogP contribution in [-0.4, -0.2) is 53.2 Å². The van der Waals surface area contributed by atoms with Gasteiger partial charge in [0.05, 0.1) is 0 Å². The summed E-state index contributed by atoms with van der Waals surface area (Å²) in [5.41, 5.74) is 0. The van der Waals surface area contributed by atoms with E-state index in [2.05, 4.69) is 4.90 Å². The van der Waals surface area contributed by atoms with Crippen molar-refractivity contribution in [2.75, 3.05) is 26.2 Å². The molecule has 2 aliphatic heterocycles. The molecule has 0 aromatic heterocycles. The number of hydrogen-bond acceptors (Lipinski definition) is 2. The van der Waals surface area contributed by atoms with Crippen LogP contribution in [0.4, 0.5) is 4.79 Å². The molecule has 1 unspecified atom stereocenters. The molecule has 74 valence electrons. The number of carboxylic acid groups (broad SMARTS) is 1. The Hall–Kier alpha value is -0.770. The predicted molar refractivity (Wildman–Crippen MR) is 48.8 cm³/mol. The number of piperidine rings is 1. The molecule has 1 atom stereocenters. The molecule has 0 radical (unpaired) electrons. The molecule has 4 nitrogen and oxygen atoms in total. The first-order valence-corrected chi connectivity index (χ1v) is 4.99. The maximum absolute atomic E-state index is 10.7. The summed E-state index contributed by atoms with van der Waals surface area (Å²) in [4.78, 5) is 14.7. The maximum Gasteiger partial charge on any atom is 0.407 e. The summed E-state index contributed by atoms with van der Waals surface area (Å²) in [7, 11) is 0. The van der Waals surface area contributed by atoms with E-state index < -0.39 is 6.09 Å². The van der Waals surface area contributed by atoms with E-state index in [1.54, 1.807) is 4.90 Å². The first-order valence-electron chi connectivity index (χ1n) is 4.99. The van der Waals surface area contributed by atoms with E-state index >= 15 is 0 Å². The smallest absolute Gasteiger partial charge is 0.407 e. The topological polar surface area (TPSA) is 43.8 Å². The Morgan fingerprint density at radius 2 is 2.08 bits per heavy atom. The normalized spacial score (nSPS) is 29.8. The van der Waals surface area contributed by atoms with Crippen LogP contribution in [0.3, 0.4) is 0 Å². The number of amides is 1. The lowest BCUT2D eigenvalue weighted by molar-refractivity contribution is 0.0491. The van der Waals surface area contributed by atoms with Crippen LogP contribution in [0, 0.1) is 0 Å². The summed E-state index contributed by atoms with van der Waals surface area (Å²) in [6.07, 6.45) is 2.95. The van der Waals surface area contributed by atoms with E-state index in [0.29, 0.717) is 12.6 Å². The Balaban J connectivity index is 1.95. The van der Waals surface area contributed by atoms with Gasteiger partial charge in [-0.15, -0.1) is 0 Å². The van der Waals surface area contributed by atoms with Crippen LogP contribution in [0.15, 0.2) is 0 Å². The summed E-state index contributed by atoms with van der Waals surface area (Å²) in [6, 6.07) is 0.499. The summed E-state index contributed by atoms with van der Waals surface area (Å²) in [6.45, 7) is 3.50. The number of fused-ring (bicyclic) bond motifs is 1. The number of hydrogen-bond donors (Lipinski definition) is 1. The Bertz CT molecular complexity index is 208. The molecule has 2 rings (SSSR count). The van der Waals surface area contributed by atoms with Crippen molar-refractivity contribution in [3.8, 4) is 0 Å². The van der Waals surface area contributed by atoms with Crippen LogP contribution < -0.4 is 0 Å². The molecule has 1 N–H and O–H groups in total. The monoisotopic (exact) mass is 184 g/mol. The zero-order chi connectivity index (χ0) is 9.26. The molecule has 2 saturated heterocycles. The molecule has 0 aromatic carbocycles. The highest BCUT2D eigenvalue weighted by molar-refractivity contribution is 5.65. The van der Waals surface area contributed by atoms with Crippen LogP contribution in [0.1, 0.15) is 19.3 Å². The van der Waals surface area contributed by atoms with E-state index in [1.165, 1.54) is 19.3 Å². The Morgan fingerprint density at radius 1 is 1.23 bits per heavy atom. The van der Waals surface area contributed by atoms with Crippen molar-refractivity contribution in [3.63, 3.8) is 0 Å². The fraction of sp³-hybridized carbons (Fsp3) is 0.889. The standard InChI is InChI=1S/C9H16N2O2/c12-9(13)11-6-5-10-4-2-1-3-8(10)7-11/h8H,1-7H2,(H,12,13). The van der Waals surface area contributed by atoms with Crippen molar-refractivity contribution in [2.45, 2.75) is 25.3 Å². The first-order chi connectivity index (χ1) is 6.27. The lowest BCUT2D eigenvalue weighted by Gasteiger charge is -2.42. The van der Waals surface area contributed by atoms with Crippen LogP contribution in [-0.2, 0) is 0 Å². The molecule has 4 heteroatoms. The number of carbonyl (C=O) groups is 1. The minimum absolute atomic E-state index is 0.499. The van der Waals surface area contributed by atoms with Gasteiger partial charge < -0.3 is 10.0 Å². The average molecular weight is 184 g/mol. The largest absolute Gasteiger partial charge is 0.465 e. The van der Waals surface area contributed by atoms with Gasteiger partial charge in [-0.05, 0) is 19.4 Å². The van der Waals surface area contributed by atoms with Gasteiger partial charge in [0.1, 0.15) is 0 Å². The quantitative estimate of drug-likeness (QED) is 0.606. The molecule has 0 spiro atoms. The van der Waals surface area contributed by atoms with Gasteiger partial charge in [0.2, 0.25) is 0 Å². The summed E-state index contributed by atoms with van der Waals surface area (Å²) >= 11 is 0. The molecule has 13 heavy (non-hydrogen) atoms. The zero-order valence-corrected chi connectivity index (χ0v) is 7.78. The fourth-order valence-corrected chi connectivity index (χ4v) is 2.33. The Morgan fingerprint density at radius 3 is 2.85 bits per heavy atom. The van der Waals surface area contributed by atoms with Gasteiger partial charge in [-0.25, -0.2) is 4.79 Å². The highest BCUT2D eigenvalue weighted by atomic mass is 16.4. The highest BCUT2D eigenvalue weighted by Crippen LogP contribution is 2.20. The first kappa shape index (κ1) is 8.81. The third kappa shape index (κ3) is 1.77. The van der Waals surface area contributed by atoms with E-state index in [1.807, 2.05) is 0 Å². The number of piperazine rings is 1. The van der Waals surface area contributed by atoms with Gasteiger partial charge in [0, 0.05) is 25.7 Å². The Labute approximate surface area is 78.1 Å². The van der Waals surface area contributed by atoms with Crippen LogP contribution in [0.5, 0.6) is 0 Å². The second-order valence-corrected chi connectivity index (χ2v) is 3.91. The van der Waals surface area contributed by atoms with Crippen LogP contribution in [0.2, 0.25) is 0 Å². The van der Waals surface area contributed by atoms with Gasteiger partial charge >= 0.3 is 6.09 Å². The minimum Gasteiger partial charge on any atom is -0.465 e. The summed E-state index contributed by atoms with van der Waals surface area (Å²) < 4.78 is 0. The number of rotatable bonds is 0. The van der Waals surface area contributed by atoms with Gasteiger partial charge in [-0.2, -0.15) is 0 Å². The summed E-state index contributed by atoms with van der Waals surface area (Å²) in [5, 5.41) is 8.84. The Kier molecular flexibility index (Phi) is 2.40. The third-order valence-corrected chi connectivity index (χ3v) is 3.11. The van der Waals surface area contributed by atoms with E-state index in [0.717, 1.165) is 19.6 Å². The molecule has 2 fully saturated rings. The van der Waals surface area contributed by atoms with Gasteiger partial charge in [0.15, 0.2) is 0 Å². The van der Waals surface area contributed by atoms with Crippen LogP contribution >= 0.6 is 0 Å². The third-order valence-electron chi connectivity index (χ3n) is 3.11. The molecular formula is C9H16N2O2. The molecule has 0 aromatic rings. The van der Waals surface area contributed by atoms with Crippen molar-refractivity contribution >= 4 is 6.09 Å². The highest BCUT2D eigenvalue weighted by Gasteiger charge is 2.30. The molecule has 0 saturated carbocycles. The molecule has 0 bridgehead atoms. The van der Waals surface area contributed by atoms with E-state index in [-0.39, 0.29) is 0 Å². The van der Waals surface area contributed by atoms with Crippen molar-refractivity contribution in [2.24, 2.45) is 0 Å². The summed E-state index contributed by atoms with van der Waals surface area (Å²) in [5.74, 6) is 0. The average Bonchev–Trinajstić information content (AvgIpc) is 2.17. The molecule has 1 amide bonds. The number of nitrogens with zero attached hydrogens (tertiary/aromatic N) is 2. The lowest BCUT2D eigenvalue weighted by Crippen LogP contribution is -2.55. The van der Waals surface area contributed by atoms with Crippen molar-refractivity contribution < 1.29 is 9.90 Å². The van der Waals surface area contributed by atoms with Crippen molar-refractivity contribution in [1.82, 2.24) is 9.80 Å². The predicted octanol–water partition coefficient (Wildman–Crippen LogP) is 0.835. The van der Waals surface area contributed by atoms with Gasteiger partial charge in [-0.3, -0.25) is 4.90 Å². The van der Waals surface area contributed by atoms with Gasteiger partial charge in [0.25, 0.3) is 0 Å². The van der Waals surface area contributed by atoms with E-state index in [9.17, 15) is 4.79 Å². The molecule has 0 aliphatic carbocycles. The van der Waals surface area contributed by atoms with Gasteiger partial charge in [-0.1, -0.05) is 6.42 Å². The molecule has 2 aliphatic rings. The SMILES string of the molecule is O=C(O)N1CCN2CCCCC2C1. The van der Waals surface area contributed by atoms with E-state index in [4.69, 9.17) is 5.11 Å². The zero-order valence-electron chi connectivity index (χ0n) is 7.78. The lowest BCUT2D eigenvalue weighted by atomic mass is 10.00. The van der Waals surface area contributed by atoms with Crippen molar-refractivity contribution in [1.29, 1.82) is 0 Å². The molecule has 2 heterocycles. The van der Waals surface area contributed by atoms with Crippen LogP contribution in [0.25, 0.3) is 0 Å². The molecular weight excluding hydrogens is 168 g/mol. The fourth-order valence-electron chi connectivity index (χ4n) is 2.33.